The van der Waals surface area contributed by atoms with Crippen LogP contribution < -0.4 is 10.2 Å². The van der Waals surface area contributed by atoms with E-state index in [0.29, 0.717) is 6.04 Å². The third kappa shape index (κ3) is 4.22. The number of piperazine rings is 1. The van der Waals surface area contributed by atoms with Gasteiger partial charge in [-0.1, -0.05) is 25.5 Å². The second-order valence-corrected chi connectivity index (χ2v) is 5.90. The lowest BCUT2D eigenvalue weighted by molar-refractivity contribution is 0.228. The number of aryl methyl sites for hydroxylation is 1. The topological polar surface area (TPSA) is 18.5 Å². The molecular weight excluding hydrogens is 246 g/mol. The molecule has 0 spiro atoms. The number of hydrogen-bond donors (Lipinski definition) is 1. The second-order valence-electron chi connectivity index (χ2n) is 5.90. The maximum absolute atomic E-state index is 3.45. The van der Waals surface area contributed by atoms with Gasteiger partial charge >= 0.3 is 0 Å². The van der Waals surface area contributed by atoms with Crippen LogP contribution in [-0.4, -0.2) is 50.7 Å². The van der Waals surface area contributed by atoms with Crippen LogP contribution >= 0.6 is 0 Å². The Balaban J connectivity index is 1.83. The summed E-state index contributed by atoms with van der Waals surface area (Å²) in [6, 6.07) is 9.50. The molecule has 0 aliphatic carbocycles. The Labute approximate surface area is 124 Å². The van der Waals surface area contributed by atoms with Crippen LogP contribution in [0.4, 0.5) is 5.69 Å². The van der Waals surface area contributed by atoms with Gasteiger partial charge in [-0.15, -0.1) is 0 Å². The number of nitrogens with zero attached hydrogens (tertiary/aromatic N) is 2. The van der Waals surface area contributed by atoms with E-state index in [1.165, 1.54) is 43.7 Å². The van der Waals surface area contributed by atoms with Gasteiger partial charge in [-0.3, -0.25) is 4.90 Å². The van der Waals surface area contributed by atoms with E-state index >= 15 is 0 Å². The predicted octanol–water partition coefficient (Wildman–Crippen LogP) is 2.51. The molecule has 1 aromatic carbocycles. The molecular formula is C17H29N3. The fourth-order valence-electron chi connectivity index (χ4n) is 3.00. The highest BCUT2D eigenvalue weighted by atomic mass is 15.3. The summed E-state index contributed by atoms with van der Waals surface area (Å²) >= 11 is 0. The molecule has 1 fully saturated rings. The van der Waals surface area contributed by atoms with Gasteiger partial charge in [-0.05, 0) is 38.1 Å². The van der Waals surface area contributed by atoms with Crippen LogP contribution in [-0.2, 0) is 0 Å². The summed E-state index contributed by atoms with van der Waals surface area (Å²) in [6.07, 6.45) is 2.53. The standard InChI is InChI=1S/C17H29N3/c1-4-6-16(18-3)14-19-9-11-20(12-10-19)17-8-5-7-15(2)13-17/h5,7-8,13,16,18H,4,6,9-12,14H2,1-3H3. The maximum atomic E-state index is 3.45. The van der Waals surface area contributed by atoms with Crippen molar-refractivity contribution < 1.29 is 0 Å². The first-order valence-corrected chi connectivity index (χ1v) is 7.94. The summed E-state index contributed by atoms with van der Waals surface area (Å²) in [5, 5.41) is 3.45. The van der Waals surface area contributed by atoms with Gasteiger partial charge in [0.15, 0.2) is 0 Å². The van der Waals surface area contributed by atoms with Crippen molar-refractivity contribution in [2.75, 3.05) is 44.7 Å². The summed E-state index contributed by atoms with van der Waals surface area (Å²) < 4.78 is 0. The van der Waals surface area contributed by atoms with Gasteiger partial charge in [0.05, 0.1) is 0 Å². The Kier molecular flexibility index (Phi) is 5.86. The molecule has 2 rings (SSSR count). The van der Waals surface area contributed by atoms with Gasteiger partial charge in [0.2, 0.25) is 0 Å². The zero-order chi connectivity index (χ0) is 14.4. The molecule has 1 saturated heterocycles. The van der Waals surface area contributed by atoms with E-state index in [9.17, 15) is 0 Å². The Hall–Kier alpha value is -1.06. The SMILES string of the molecule is CCCC(CN1CCN(c2cccc(C)c2)CC1)NC. The molecule has 3 heteroatoms. The van der Waals surface area contributed by atoms with Crippen molar-refractivity contribution in [3.63, 3.8) is 0 Å². The molecule has 112 valence electrons. The van der Waals surface area contributed by atoms with Crippen LogP contribution in [0.1, 0.15) is 25.3 Å². The minimum atomic E-state index is 0.644. The smallest absolute Gasteiger partial charge is 0.0369 e. The lowest BCUT2D eigenvalue weighted by Crippen LogP contribution is -2.50. The van der Waals surface area contributed by atoms with Crippen LogP contribution in [0.2, 0.25) is 0 Å². The summed E-state index contributed by atoms with van der Waals surface area (Å²) in [6.45, 7) is 10.3. The zero-order valence-electron chi connectivity index (χ0n) is 13.2. The summed E-state index contributed by atoms with van der Waals surface area (Å²) in [7, 11) is 2.09. The molecule has 0 saturated carbocycles. The van der Waals surface area contributed by atoms with Crippen molar-refractivity contribution in [1.82, 2.24) is 10.2 Å². The first-order valence-electron chi connectivity index (χ1n) is 7.94. The minimum absolute atomic E-state index is 0.644. The Bertz CT molecular complexity index is 397. The molecule has 1 aliphatic rings. The van der Waals surface area contributed by atoms with E-state index < -0.39 is 0 Å². The van der Waals surface area contributed by atoms with E-state index in [0.717, 1.165) is 13.1 Å². The van der Waals surface area contributed by atoms with Crippen molar-refractivity contribution in [3.05, 3.63) is 29.8 Å². The number of benzene rings is 1. The monoisotopic (exact) mass is 275 g/mol. The highest BCUT2D eigenvalue weighted by molar-refractivity contribution is 5.48. The number of anilines is 1. The minimum Gasteiger partial charge on any atom is -0.369 e. The van der Waals surface area contributed by atoms with Gasteiger partial charge in [0.25, 0.3) is 0 Å². The van der Waals surface area contributed by atoms with E-state index in [-0.39, 0.29) is 0 Å². The molecule has 1 aliphatic heterocycles. The summed E-state index contributed by atoms with van der Waals surface area (Å²) in [4.78, 5) is 5.11. The Morgan fingerprint density at radius 2 is 1.95 bits per heavy atom. The van der Waals surface area contributed by atoms with E-state index in [4.69, 9.17) is 0 Å². The molecule has 1 unspecified atom stereocenters. The molecule has 1 atom stereocenters. The average Bonchev–Trinajstić information content (AvgIpc) is 2.47. The van der Waals surface area contributed by atoms with Crippen molar-refractivity contribution in [3.8, 4) is 0 Å². The van der Waals surface area contributed by atoms with E-state index in [2.05, 4.69) is 60.3 Å². The summed E-state index contributed by atoms with van der Waals surface area (Å²) in [5.41, 5.74) is 2.73. The molecule has 0 radical (unpaired) electrons. The van der Waals surface area contributed by atoms with Crippen molar-refractivity contribution in [1.29, 1.82) is 0 Å². The fourth-order valence-corrected chi connectivity index (χ4v) is 3.00. The van der Waals surface area contributed by atoms with E-state index in [1.54, 1.807) is 0 Å². The maximum Gasteiger partial charge on any atom is 0.0369 e. The quantitative estimate of drug-likeness (QED) is 0.860. The Morgan fingerprint density at radius 3 is 2.55 bits per heavy atom. The fraction of sp³-hybridized carbons (Fsp3) is 0.647. The zero-order valence-corrected chi connectivity index (χ0v) is 13.2. The number of hydrogen-bond acceptors (Lipinski definition) is 3. The van der Waals surface area contributed by atoms with E-state index in [1.807, 2.05) is 0 Å². The Morgan fingerprint density at radius 1 is 1.20 bits per heavy atom. The largest absolute Gasteiger partial charge is 0.369 e. The predicted molar refractivity (Wildman–Crippen MR) is 87.6 cm³/mol. The molecule has 1 N–H and O–H groups in total. The first kappa shape index (κ1) is 15.3. The van der Waals surface area contributed by atoms with Crippen LogP contribution in [0.25, 0.3) is 0 Å². The molecule has 3 nitrogen and oxygen atoms in total. The van der Waals surface area contributed by atoms with Gasteiger partial charge in [-0.2, -0.15) is 0 Å². The van der Waals surface area contributed by atoms with Crippen molar-refractivity contribution in [2.24, 2.45) is 0 Å². The van der Waals surface area contributed by atoms with Gasteiger partial charge in [-0.25, -0.2) is 0 Å². The van der Waals surface area contributed by atoms with Crippen LogP contribution in [0.15, 0.2) is 24.3 Å². The number of rotatable bonds is 6. The number of nitrogens with one attached hydrogen (secondary N) is 1. The first-order chi connectivity index (χ1) is 9.72. The molecule has 1 aromatic rings. The molecule has 1 heterocycles. The van der Waals surface area contributed by atoms with Crippen LogP contribution in [0, 0.1) is 6.92 Å². The normalized spacial score (nSPS) is 18.2. The van der Waals surface area contributed by atoms with Crippen molar-refractivity contribution >= 4 is 5.69 Å². The summed E-state index contributed by atoms with van der Waals surface area (Å²) in [5.74, 6) is 0. The molecule has 0 bridgehead atoms. The third-order valence-electron chi connectivity index (χ3n) is 4.26. The molecule has 0 amide bonds. The van der Waals surface area contributed by atoms with Crippen molar-refractivity contribution in [2.45, 2.75) is 32.7 Å². The molecule has 20 heavy (non-hydrogen) atoms. The number of likely N-dealkylation sites (N-methyl/N-ethyl adjacent to an activating group) is 1. The average molecular weight is 275 g/mol. The highest BCUT2D eigenvalue weighted by Gasteiger charge is 2.19. The van der Waals surface area contributed by atoms with Crippen LogP contribution in [0.3, 0.4) is 0 Å². The van der Waals surface area contributed by atoms with Crippen LogP contribution in [0.5, 0.6) is 0 Å². The second kappa shape index (κ2) is 7.65. The highest BCUT2D eigenvalue weighted by Crippen LogP contribution is 2.18. The van der Waals surface area contributed by atoms with Gasteiger partial charge in [0, 0.05) is 44.5 Å². The lowest BCUT2D eigenvalue weighted by atomic mass is 10.1. The molecule has 0 aromatic heterocycles. The lowest BCUT2D eigenvalue weighted by Gasteiger charge is -2.37. The van der Waals surface area contributed by atoms with Gasteiger partial charge in [0.1, 0.15) is 0 Å². The third-order valence-corrected chi connectivity index (χ3v) is 4.26. The van der Waals surface area contributed by atoms with Gasteiger partial charge < -0.3 is 10.2 Å².